The molecule has 17 heavy (non-hydrogen) atoms. The summed E-state index contributed by atoms with van der Waals surface area (Å²) >= 11 is 0. The molecule has 1 unspecified atom stereocenters. The van der Waals surface area contributed by atoms with E-state index in [0.717, 1.165) is 0 Å². The Morgan fingerprint density at radius 1 is 1.47 bits per heavy atom. The van der Waals surface area contributed by atoms with Crippen molar-refractivity contribution < 1.29 is 9.59 Å². The molecule has 1 rings (SSSR count). The average molecular weight is 240 g/mol. The minimum absolute atomic E-state index is 0.0777. The zero-order valence-electron chi connectivity index (χ0n) is 9.95. The van der Waals surface area contributed by atoms with E-state index in [4.69, 9.17) is 11.5 Å². The van der Waals surface area contributed by atoms with E-state index in [-0.39, 0.29) is 17.7 Å². The molecule has 5 N–H and O–H groups in total. The molecule has 0 saturated carbocycles. The summed E-state index contributed by atoms with van der Waals surface area (Å²) in [5.41, 5.74) is 11.2. The molecule has 6 nitrogen and oxygen atoms in total. The van der Waals surface area contributed by atoms with E-state index in [1.807, 2.05) is 0 Å². The van der Waals surface area contributed by atoms with Crippen LogP contribution in [0.3, 0.4) is 0 Å². The summed E-state index contributed by atoms with van der Waals surface area (Å²) in [5.74, 6) is -0.414. The Morgan fingerprint density at radius 2 is 2.18 bits per heavy atom. The minimum Gasteiger partial charge on any atom is -0.355 e. The van der Waals surface area contributed by atoms with E-state index in [1.54, 1.807) is 4.90 Å². The van der Waals surface area contributed by atoms with Crippen LogP contribution in [0.4, 0.5) is 0 Å². The van der Waals surface area contributed by atoms with Crippen LogP contribution in [0.25, 0.3) is 0 Å². The van der Waals surface area contributed by atoms with Crippen LogP contribution in [0.5, 0.6) is 0 Å². The normalized spacial score (nSPS) is 20.6. The highest BCUT2D eigenvalue weighted by molar-refractivity contribution is 5.95. The summed E-state index contributed by atoms with van der Waals surface area (Å²) in [6, 6.07) is 0. The van der Waals surface area contributed by atoms with Crippen molar-refractivity contribution in [1.29, 1.82) is 0 Å². The number of amides is 2. The lowest BCUT2D eigenvalue weighted by molar-refractivity contribution is -0.133. The topological polar surface area (TPSA) is 101 Å². The van der Waals surface area contributed by atoms with Crippen molar-refractivity contribution in [3.63, 3.8) is 0 Å². The molecule has 0 aromatic heterocycles. The number of nitrogens with zero attached hydrogens (tertiary/aromatic N) is 1. The van der Waals surface area contributed by atoms with Crippen molar-refractivity contribution in [1.82, 2.24) is 10.2 Å². The average Bonchev–Trinajstić information content (AvgIpc) is 2.31. The van der Waals surface area contributed by atoms with E-state index in [0.29, 0.717) is 44.7 Å². The van der Waals surface area contributed by atoms with Gasteiger partial charge in [0, 0.05) is 38.3 Å². The predicted molar refractivity (Wildman–Crippen MR) is 64.9 cm³/mol. The van der Waals surface area contributed by atoms with Crippen molar-refractivity contribution in [2.24, 2.45) is 17.4 Å². The van der Waals surface area contributed by atoms with E-state index < -0.39 is 0 Å². The fourth-order valence-electron chi connectivity index (χ4n) is 1.89. The van der Waals surface area contributed by atoms with Gasteiger partial charge >= 0.3 is 0 Å². The molecule has 0 bridgehead atoms. The number of likely N-dealkylation sites (tertiary alicyclic amines) is 1. The second kappa shape index (κ2) is 6.36. The first kappa shape index (κ1) is 13.7. The van der Waals surface area contributed by atoms with Crippen LogP contribution < -0.4 is 16.8 Å². The lowest BCUT2D eigenvalue weighted by Gasteiger charge is -2.32. The lowest BCUT2D eigenvalue weighted by Crippen LogP contribution is -2.48. The molecule has 1 aliphatic heterocycles. The van der Waals surface area contributed by atoms with Crippen LogP contribution in [-0.2, 0) is 9.59 Å². The molecule has 0 aromatic carbocycles. The number of nitrogens with two attached hydrogens (primary N) is 2. The molecular weight excluding hydrogens is 220 g/mol. The molecule has 6 heteroatoms. The third-order valence-electron chi connectivity index (χ3n) is 2.74. The van der Waals surface area contributed by atoms with Gasteiger partial charge in [-0.15, -0.1) is 0 Å². The van der Waals surface area contributed by atoms with Gasteiger partial charge in [-0.25, -0.2) is 0 Å². The van der Waals surface area contributed by atoms with Gasteiger partial charge < -0.3 is 21.7 Å². The smallest absolute Gasteiger partial charge is 0.249 e. The summed E-state index contributed by atoms with van der Waals surface area (Å²) in [5, 5.41) is 2.73. The molecule has 0 spiro atoms. The van der Waals surface area contributed by atoms with Gasteiger partial charge in [-0.05, 0) is 6.42 Å². The second-order valence-corrected chi connectivity index (χ2v) is 4.12. The quantitative estimate of drug-likeness (QED) is 0.505. The molecule has 0 aromatic rings. The number of hydrogen-bond acceptors (Lipinski definition) is 4. The zero-order valence-corrected chi connectivity index (χ0v) is 9.95. The number of hydrogen-bond donors (Lipinski definition) is 3. The molecule has 1 aliphatic rings. The Hall–Kier alpha value is -1.40. The van der Waals surface area contributed by atoms with E-state index >= 15 is 0 Å². The fraction of sp³-hybridized carbons (Fsp3) is 0.636. The predicted octanol–water partition coefficient (Wildman–Crippen LogP) is -1.58. The molecule has 1 saturated heterocycles. The molecule has 0 aliphatic carbocycles. The van der Waals surface area contributed by atoms with E-state index in [2.05, 4.69) is 11.9 Å². The van der Waals surface area contributed by atoms with Gasteiger partial charge in [0.1, 0.15) is 0 Å². The lowest BCUT2D eigenvalue weighted by atomic mass is 9.93. The number of nitrogens with one attached hydrogen (secondary N) is 1. The van der Waals surface area contributed by atoms with Crippen LogP contribution in [0.1, 0.15) is 6.42 Å². The van der Waals surface area contributed by atoms with E-state index in [1.165, 1.54) is 0 Å². The van der Waals surface area contributed by atoms with Crippen molar-refractivity contribution in [2.45, 2.75) is 6.42 Å². The van der Waals surface area contributed by atoms with Gasteiger partial charge in [0.15, 0.2) is 0 Å². The third kappa shape index (κ3) is 3.54. The Bertz CT molecular complexity index is 317. The van der Waals surface area contributed by atoms with Gasteiger partial charge in [0.05, 0.1) is 5.92 Å². The van der Waals surface area contributed by atoms with Crippen molar-refractivity contribution in [2.75, 3.05) is 32.7 Å². The largest absolute Gasteiger partial charge is 0.355 e. The standard InChI is InChI=1S/C11H20N4O2/c1-8-6-9(10(16)14-4-2-12)7-15(5-3-13)11(8)17/h9H,1-7,12-13H2,(H,14,16). The zero-order chi connectivity index (χ0) is 12.8. The van der Waals surface area contributed by atoms with Crippen molar-refractivity contribution >= 4 is 11.8 Å². The van der Waals surface area contributed by atoms with Gasteiger partial charge in [0.25, 0.3) is 0 Å². The number of carbonyl (C=O) groups excluding carboxylic acids is 2. The molecular formula is C11H20N4O2. The monoisotopic (exact) mass is 240 g/mol. The number of carbonyl (C=O) groups is 2. The highest BCUT2D eigenvalue weighted by atomic mass is 16.2. The van der Waals surface area contributed by atoms with E-state index in [9.17, 15) is 9.59 Å². The van der Waals surface area contributed by atoms with Gasteiger partial charge in [-0.1, -0.05) is 6.58 Å². The fourth-order valence-corrected chi connectivity index (χ4v) is 1.89. The minimum atomic E-state index is -0.238. The maximum Gasteiger partial charge on any atom is 0.249 e. The summed E-state index contributed by atoms with van der Waals surface area (Å²) in [4.78, 5) is 25.1. The van der Waals surface area contributed by atoms with Crippen LogP contribution in [0.15, 0.2) is 12.2 Å². The third-order valence-corrected chi connectivity index (χ3v) is 2.74. The first-order chi connectivity index (χ1) is 8.10. The Balaban J connectivity index is 2.60. The second-order valence-electron chi connectivity index (χ2n) is 4.12. The van der Waals surface area contributed by atoms with Crippen LogP contribution in [-0.4, -0.2) is 49.4 Å². The highest BCUT2D eigenvalue weighted by Gasteiger charge is 2.31. The van der Waals surface area contributed by atoms with Crippen LogP contribution in [0.2, 0.25) is 0 Å². The highest BCUT2D eigenvalue weighted by Crippen LogP contribution is 2.21. The first-order valence-electron chi connectivity index (χ1n) is 5.75. The Labute approximate surface area is 101 Å². The molecule has 2 amide bonds. The maximum absolute atomic E-state index is 11.8. The summed E-state index contributed by atoms with van der Waals surface area (Å²) in [6.45, 7) is 5.81. The van der Waals surface area contributed by atoms with Crippen molar-refractivity contribution in [3.05, 3.63) is 12.2 Å². The summed E-state index contributed by atoms with van der Waals surface area (Å²) in [7, 11) is 0. The Morgan fingerprint density at radius 3 is 2.76 bits per heavy atom. The Kier molecular flexibility index (Phi) is 5.11. The first-order valence-corrected chi connectivity index (χ1v) is 5.75. The van der Waals surface area contributed by atoms with Crippen LogP contribution in [0, 0.1) is 5.92 Å². The van der Waals surface area contributed by atoms with Crippen molar-refractivity contribution in [3.8, 4) is 0 Å². The van der Waals surface area contributed by atoms with Gasteiger partial charge in [-0.2, -0.15) is 0 Å². The summed E-state index contributed by atoms with van der Waals surface area (Å²) < 4.78 is 0. The number of piperidine rings is 1. The molecule has 96 valence electrons. The summed E-state index contributed by atoms with van der Waals surface area (Å²) in [6.07, 6.45) is 0.413. The van der Waals surface area contributed by atoms with Gasteiger partial charge in [-0.3, -0.25) is 9.59 Å². The maximum atomic E-state index is 11.8. The molecule has 1 fully saturated rings. The molecule has 1 heterocycles. The van der Waals surface area contributed by atoms with Gasteiger partial charge in [0.2, 0.25) is 11.8 Å². The SMILES string of the molecule is C=C1CC(C(=O)NCCN)CN(CCN)C1=O. The molecule has 1 atom stereocenters. The van der Waals surface area contributed by atoms with Crippen LogP contribution >= 0.6 is 0 Å². The molecule has 0 radical (unpaired) electrons. The number of rotatable bonds is 5.